The number of hydrogen-bond donors (Lipinski definition) is 1. The van der Waals surface area contributed by atoms with Crippen LogP contribution in [0.15, 0.2) is 0 Å². The molecule has 122 valence electrons. The molecule has 0 fully saturated rings. The van der Waals surface area contributed by atoms with E-state index in [-0.39, 0.29) is 0 Å². The van der Waals surface area contributed by atoms with Crippen molar-refractivity contribution < 1.29 is 14.6 Å². The van der Waals surface area contributed by atoms with E-state index in [0.29, 0.717) is 6.61 Å². The number of ether oxygens (including phenoxy) is 2. The summed E-state index contributed by atoms with van der Waals surface area (Å²) in [5, 5.41) is 8.64. The van der Waals surface area contributed by atoms with Crippen LogP contribution < -0.4 is 0 Å². The van der Waals surface area contributed by atoms with E-state index in [9.17, 15) is 0 Å². The molecule has 0 unspecified atom stereocenters. The topological polar surface area (TPSA) is 38.7 Å². The van der Waals surface area contributed by atoms with Crippen LogP contribution >= 0.6 is 0 Å². The summed E-state index contributed by atoms with van der Waals surface area (Å²) in [6.45, 7) is 8.39. The van der Waals surface area contributed by atoms with Gasteiger partial charge in [-0.1, -0.05) is 39.5 Å². The molecule has 20 heavy (non-hydrogen) atoms. The first-order chi connectivity index (χ1) is 9.77. The molecule has 0 rings (SSSR count). The lowest BCUT2D eigenvalue weighted by Gasteiger charge is -2.06. The molecule has 0 saturated carbocycles. The van der Waals surface area contributed by atoms with Gasteiger partial charge in [0.05, 0.1) is 0 Å². The lowest BCUT2D eigenvalue weighted by atomic mass is 10.1. The third-order valence-corrected chi connectivity index (χ3v) is 3.36. The second-order valence-corrected chi connectivity index (χ2v) is 5.96. The van der Waals surface area contributed by atoms with Crippen molar-refractivity contribution in [2.45, 2.75) is 71.6 Å². The molecule has 0 aliphatic rings. The van der Waals surface area contributed by atoms with Gasteiger partial charge >= 0.3 is 0 Å². The molecule has 0 atom stereocenters. The van der Waals surface area contributed by atoms with Gasteiger partial charge in [0.15, 0.2) is 0 Å². The van der Waals surface area contributed by atoms with Gasteiger partial charge in [0.25, 0.3) is 0 Å². The van der Waals surface area contributed by atoms with Gasteiger partial charge in [-0.2, -0.15) is 0 Å². The third-order valence-electron chi connectivity index (χ3n) is 3.36. The molecule has 0 heterocycles. The molecule has 0 radical (unpaired) electrons. The first-order valence-electron chi connectivity index (χ1n) is 8.53. The van der Waals surface area contributed by atoms with E-state index in [2.05, 4.69) is 13.8 Å². The molecule has 0 spiro atoms. The van der Waals surface area contributed by atoms with E-state index in [1.54, 1.807) is 0 Å². The summed E-state index contributed by atoms with van der Waals surface area (Å²) >= 11 is 0. The molecule has 0 aromatic carbocycles. The summed E-state index contributed by atoms with van der Waals surface area (Å²) in [5.74, 6) is 0.746. The van der Waals surface area contributed by atoms with Gasteiger partial charge in [-0.05, 0) is 38.0 Å². The lowest BCUT2D eigenvalue weighted by molar-refractivity contribution is 0.114. The number of hydrogen-bond acceptors (Lipinski definition) is 3. The second-order valence-electron chi connectivity index (χ2n) is 5.96. The monoisotopic (exact) mass is 288 g/mol. The Labute approximate surface area is 126 Å². The third kappa shape index (κ3) is 17.9. The standard InChI is InChI=1S/C17H36O3/c1-17(2)11-16-20-15-10-6-5-9-14-19-13-8-4-3-7-12-18/h17-18H,3-16H2,1-2H3. The quantitative estimate of drug-likeness (QED) is 0.433. The van der Waals surface area contributed by atoms with E-state index in [1.165, 1.54) is 38.5 Å². The van der Waals surface area contributed by atoms with E-state index in [4.69, 9.17) is 14.6 Å². The highest BCUT2D eigenvalue weighted by molar-refractivity contribution is 4.46. The molecular formula is C17H36O3. The fourth-order valence-electron chi connectivity index (χ4n) is 1.95. The molecule has 3 nitrogen and oxygen atoms in total. The molecule has 0 aliphatic heterocycles. The number of aliphatic hydroxyl groups excluding tert-OH is 1. The molecule has 0 aromatic heterocycles. The maximum Gasteiger partial charge on any atom is 0.0468 e. The highest BCUT2D eigenvalue weighted by Gasteiger charge is 1.95. The molecule has 0 saturated heterocycles. The largest absolute Gasteiger partial charge is 0.396 e. The van der Waals surface area contributed by atoms with Crippen molar-refractivity contribution in [2.24, 2.45) is 5.92 Å². The predicted octanol–water partition coefficient (Wildman–Crippen LogP) is 4.18. The smallest absolute Gasteiger partial charge is 0.0468 e. The van der Waals surface area contributed by atoms with Crippen molar-refractivity contribution in [3.05, 3.63) is 0 Å². The van der Waals surface area contributed by atoms with Crippen LogP contribution in [0.3, 0.4) is 0 Å². The Kier molecular flexibility index (Phi) is 16.8. The minimum absolute atomic E-state index is 0.321. The van der Waals surface area contributed by atoms with Crippen LogP contribution in [0.25, 0.3) is 0 Å². The Balaban J connectivity index is 2.92. The first-order valence-corrected chi connectivity index (χ1v) is 8.53. The Hall–Kier alpha value is -0.120. The summed E-state index contributed by atoms with van der Waals surface area (Å²) in [5.41, 5.74) is 0. The van der Waals surface area contributed by atoms with Crippen molar-refractivity contribution in [3.63, 3.8) is 0 Å². The van der Waals surface area contributed by atoms with Crippen molar-refractivity contribution >= 4 is 0 Å². The van der Waals surface area contributed by atoms with E-state index >= 15 is 0 Å². The first kappa shape index (κ1) is 19.9. The fraction of sp³-hybridized carbons (Fsp3) is 1.00. The minimum atomic E-state index is 0.321. The van der Waals surface area contributed by atoms with Crippen LogP contribution in [0.1, 0.15) is 71.6 Å². The molecule has 1 N–H and O–H groups in total. The Bertz CT molecular complexity index is 172. The van der Waals surface area contributed by atoms with Gasteiger partial charge in [-0.3, -0.25) is 0 Å². The van der Waals surface area contributed by atoms with E-state index in [1.807, 2.05) is 0 Å². The Morgan fingerprint density at radius 3 is 1.55 bits per heavy atom. The summed E-state index contributed by atoms with van der Waals surface area (Å²) in [4.78, 5) is 0. The minimum Gasteiger partial charge on any atom is -0.396 e. The van der Waals surface area contributed by atoms with Gasteiger partial charge in [-0.25, -0.2) is 0 Å². The van der Waals surface area contributed by atoms with Gasteiger partial charge < -0.3 is 14.6 Å². The SMILES string of the molecule is CC(C)CCOCCCCCCOCCCCCCO. The number of rotatable bonds is 16. The van der Waals surface area contributed by atoms with Gasteiger partial charge in [0.1, 0.15) is 0 Å². The highest BCUT2D eigenvalue weighted by Crippen LogP contribution is 2.04. The van der Waals surface area contributed by atoms with Crippen LogP contribution in [-0.4, -0.2) is 38.1 Å². The summed E-state index contributed by atoms with van der Waals surface area (Å²) < 4.78 is 11.2. The second kappa shape index (κ2) is 16.9. The van der Waals surface area contributed by atoms with Crippen molar-refractivity contribution in [1.29, 1.82) is 0 Å². The predicted molar refractivity (Wildman–Crippen MR) is 85.1 cm³/mol. The normalized spacial score (nSPS) is 11.4. The fourth-order valence-corrected chi connectivity index (χ4v) is 1.95. The Morgan fingerprint density at radius 1 is 0.650 bits per heavy atom. The molecule has 3 heteroatoms. The average molecular weight is 288 g/mol. The molecular weight excluding hydrogens is 252 g/mol. The lowest BCUT2D eigenvalue weighted by Crippen LogP contribution is -2.01. The molecule has 0 aliphatic carbocycles. The zero-order valence-corrected chi connectivity index (χ0v) is 13.7. The van der Waals surface area contributed by atoms with E-state index < -0.39 is 0 Å². The zero-order chi connectivity index (χ0) is 14.9. The maximum absolute atomic E-state index is 8.64. The molecule has 0 aromatic rings. The van der Waals surface area contributed by atoms with Crippen molar-refractivity contribution in [2.75, 3.05) is 33.0 Å². The van der Waals surface area contributed by atoms with Crippen LogP contribution in [0.2, 0.25) is 0 Å². The Morgan fingerprint density at radius 2 is 1.10 bits per heavy atom. The van der Waals surface area contributed by atoms with Gasteiger partial charge in [-0.15, -0.1) is 0 Å². The van der Waals surface area contributed by atoms with E-state index in [0.717, 1.165) is 51.6 Å². The van der Waals surface area contributed by atoms with Gasteiger partial charge in [0.2, 0.25) is 0 Å². The molecule has 0 amide bonds. The summed E-state index contributed by atoms with van der Waals surface area (Å²) in [7, 11) is 0. The van der Waals surface area contributed by atoms with Crippen molar-refractivity contribution in [3.8, 4) is 0 Å². The highest BCUT2D eigenvalue weighted by atomic mass is 16.5. The number of aliphatic hydroxyl groups is 1. The maximum atomic E-state index is 8.64. The summed E-state index contributed by atoms with van der Waals surface area (Å²) in [6, 6.07) is 0. The average Bonchev–Trinajstić information content (AvgIpc) is 2.43. The van der Waals surface area contributed by atoms with Crippen molar-refractivity contribution in [1.82, 2.24) is 0 Å². The van der Waals surface area contributed by atoms with Crippen LogP contribution in [0.4, 0.5) is 0 Å². The van der Waals surface area contributed by atoms with Gasteiger partial charge in [0, 0.05) is 33.0 Å². The van der Waals surface area contributed by atoms with Crippen LogP contribution in [-0.2, 0) is 9.47 Å². The van der Waals surface area contributed by atoms with Crippen LogP contribution in [0.5, 0.6) is 0 Å². The molecule has 0 bridgehead atoms. The summed E-state index contributed by atoms with van der Waals surface area (Å²) in [6.07, 6.45) is 10.4. The van der Waals surface area contributed by atoms with Crippen LogP contribution in [0, 0.1) is 5.92 Å². The zero-order valence-electron chi connectivity index (χ0n) is 13.7. The number of unbranched alkanes of at least 4 members (excludes halogenated alkanes) is 6.